The van der Waals surface area contributed by atoms with Crippen molar-refractivity contribution in [3.05, 3.63) is 0 Å². The van der Waals surface area contributed by atoms with Crippen LogP contribution in [0, 0.1) is 0 Å². The molecule has 0 aromatic heterocycles. The summed E-state index contributed by atoms with van der Waals surface area (Å²) in [6.45, 7) is 1.47. The Morgan fingerprint density at radius 3 is 2.20 bits per heavy atom. The number of urea groups is 2. The van der Waals surface area contributed by atoms with E-state index in [1.807, 2.05) is 10.9 Å². The minimum absolute atomic E-state index is 0.247. The SMILES string of the molecule is CC(C=NNC(=O)NO)=NNC(=O)NO. The molecule has 0 aliphatic rings. The molecule has 84 valence electrons. The maximum absolute atomic E-state index is 10.4. The molecule has 0 aromatic rings. The summed E-state index contributed by atoms with van der Waals surface area (Å²) in [4.78, 5) is 20.8. The van der Waals surface area contributed by atoms with Crippen LogP contribution in [0.2, 0.25) is 0 Å². The highest BCUT2D eigenvalue weighted by atomic mass is 16.5. The normalized spacial score (nSPS) is 11.0. The first-order valence-corrected chi connectivity index (χ1v) is 3.57. The van der Waals surface area contributed by atoms with Gasteiger partial charge in [0.05, 0.1) is 11.9 Å². The average molecular weight is 218 g/mol. The molecule has 4 amide bonds. The highest BCUT2D eigenvalue weighted by Crippen LogP contribution is 1.71. The number of hydrogen-bond acceptors (Lipinski definition) is 6. The van der Waals surface area contributed by atoms with Gasteiger partial charge in [-0.05, 0) is 6.92 Å². The Balaban J connectivity index is 3.95. The zero-order chi connectivity index (χ0) is 11.7. The number of hydrogen-bond donors (Lipinski definition) is 6. The van der Waals surface area contributed by atoms with Crippen LogP contribution in [0.4, 0.5) is 9.59 Å². The van der Waals surface area contributed by atoms with Gasteiger partial charge in [0.15, 0.2) is 0 Å². The van der Waals surface area contributed by atoms with E-state index in [2.05, 4.69) is 10.2 Å². The Labute approximate surface area is 83.9 Å². The van der Waals surface area contributed by atoms with E-state index in [-0.39, 0.29) is 5.71 Å². The lowest BCUT2D eigenvalue weighted by Gasteiger charge is -1.97. The van der Waals surface area contributed by atoms with Crippen molar-refractivity contribution >= 4 is 24.0 Å². The van der Waals surface area contributed by atoms with E-state index in [1.165, 1.54) is 17.9 Å². The topological polar surface area (TPSA) is 147 Å². The van der Waals surface area contributed by atoms with E-state index in [1.54, 1.807) is 0 Å². The lowest BCUT2D eigenvalue weighted by molar-refractivity contribution is 0.162. The van der Waals surface area contributed by atoms with Crippen molar-refractivity contribution in [2.24, 2.45) is 10.2 Å². The number of nitrogens with zero attached hydrogens (tertiary/aromatic N) is 2. The summed E-state index contributed by atoms with van der Waals surface area (Å²) < 4.78 is 0. The van der Waals surface area contributed by atoms with Gasteiger partial charge in [-0.25, -0.2) is 31.4 Å². The second-order valence-electron chi connectivity index (χ2n) is 2.12. The maximum atomic E-state index is 10.4. The molecule has 0 fully saturated rings. The predicted molar refractivity (Wildman–Crippen MR) is 48.5 cm³/mol. The number of carbonyl (C=O) groups is 2. The minimum atomic E-state index is -0.917. The second kappa shape index (κ2) is 7.23. The summed E-state index contributed by atoms with van der Waals surface area (Å²) in [5.74, 6) is 0. The second-order valence-corrected chi connectivity index (χ2v) is 2.12. The van der Waals surface area contributed by atoms with Crippen molar-refractivity contribution in [1.29, 1.82) is 0 Å². The molecule has 0 aromatic carbocycles. The van der Waals surface area contributed by atoms with E-state index in [9.17, 15) is 9.59 Å². The Kier molecular flexibility index (Phi) is 6.17. The third-order valence-corrected chi connectivity index (χ3v) is 0.954. The first kappa shape index (κ1) is 12.8. The Morgan fingerprint density at radius 1 is 1.13 bits per heavy atom. The van der Waals surface area contributed by atoms with E-state index >= 15 is 0 Å². The van der Waals surface area contributed by atoms with Gasteiger partial charge in [-0.1, -0.05) is 0 Å². The first-order valence-electron chi connectivity index (χ1n) is 3.57. The van der Waals surface area contributed by atoms with Crippen molar-refractivity contribution < 1.29 is 20.0 Å². The van der Waals surface area contributed by atoms with Gasteiger partial charge in [0.2, 0.25) is 0 Å². The molecule has 0 aliphatic heterocycles. The van der Waals surface area contributed by atoms with Crippen molar-refractivity contribution in [3.63, 3.8) is 0 Å². The number of amides is 4. The molecule has 0 radical (unpaired) electrons. The number of carbonyl (C=O) groups excluding carboxylic acids is 2. The van der Waals surface area contributed by atoms with E-state index in [4.69, 9.17) is 10.4 Å². The van der Waals surface area contributed by atoms with Crippen LogP contribution in [0.5, 0.6) is 0 Å². The summed E-state index contributed by atoms with van der Waals surface area (Å²) >= 11 is 0. The molecular weight excluding hydrogens is 208 g/mol. The molecule has 0 unspecified atom stereocenters. The molecule has 0 aliphatic carbocycles. The van der Waals surface area contributed by atoms with Gasteiger partial charge in [-0.15, -0.1) is 0 Å². The van der Waals surface area contributed by atoms with E-state index in [0.29, 0.717) is 0 Å². The highest BCUT2D eigenvalue weighted by Gasteiger charge is 1.94. The fourth-order valence-corrected chi connectivity index (χ4v) is 0.402. The van der Waals surface area contributed by atoms with Gasteiger partial charge in [-0.2, -0.15) is 10.2 Å². The number of hydroxylamine groups is 2. The van der Waals surface area contributed by atoms with Crippen LogP contribution < -0.4 is 21.8 Å². The largest absolute Gasteiger partial charge is 0.358 e. The summed E-state index contributed by atoms with van der Waals surface area (Å²) in [7, 11) is 0. The van der Waals surface area contributed by atoms with Crippen LogP contribution in [-0.4, -0.2) is 34.4 Å². The summed E-state index contributed by atoms with van der Waals surface area (Å²) in [5.41, 5.74) is 6.60. The molecule has 0 saturated carbocycles. The number of nitrogens with one attached hydrogen (secondary N) is 4. The van der Waals surface area contributed by atoms with Crippen molar-refractivity contribution in [2.75, 3.05) is 0 Å². The van der Waals surface area contributed by atoms with Crippen LogP contribution in [-0.2, 0) is 0 Å². The molecule has 0 spiro atoms. The van der Waals surface area contributed by atoms with Crippen LogP contribution in [0.1, 0.15) is 6.92 Å². The number of rotatable bonds is 3. The Morgan fingerprint density at radius 2 is 1.67 bits per heavy atom. The molecule has 15 heavy (non-hydrogen) atoms. The highest BCUT2D eigenvalue weighted by molar-refractivity contribution is 6.29. The average Bonchev–Trinajstić information content (AvgIpc) is 2.25. The van der Waals surface area contributed by atoms with Crippen molar-refractivity contribution in [3.8, 4) is 0 Å². The Hall–Kier alpha value is -2.20. The smallest absolute Gasteiger partial charge is 0.287 e. The van der Waals surface area contributed by atoms with Gasteiger partial charge >= 0.3 is 12.1 Å². The van der Waals surface area contributed by atoms with Crippen LogP contribution in [0.25, 0.3) is 0 Å². The van der Waals surface area contributed by atoms with Crippen LogP contribution in [0.3, 0.4) is 0 Å². The molecule has 0 atom stereocenters. The molecule has 0 rings (SSSR count). The lowest BCUT2D eigenvalue weighted by Crippen LogP contribution is -2.31. The van der Waals surface area contributed by atoms with E-state index < -0.39 is 12.1 Å². The molecule has 10 heteroatoms. The van der Waals surface area contributed by atoms with Gasteiger partial charge in [0.25, 0.3) is 0 Å². The molecular formula is C5H10N6O4. The summed E-state index contributed by atoms with van der Waals surface area (Å²) in [6.07, 6.45) is 1.10. The summed E-state index contributed by atoms with van der Waals surface area (Å²) in [5, 5.41) is 22.9. The van der Waals surface area contributed by atoms with Gasteiger partial charge in [-0.3, -0.25) is 10.4 Å². The standard InChI is InChI=1S/C5H10N6O4/c1-3(7-9-5(13)11-15)2-6-8-4(12)10-14/h2,14-15H,1H3,(H2,8,10,12)(H2,9,11,13). The summed E-state index contributed by atoms with van der Waals surface area (Å²) in [6, 6.07) is -1.83. The van der Waals surface area contributed by atoms with Crippen molar-refractivity contribution in [1.82, 2.24) is 21.8 Å². The van der Waals surface area contributed by atoms with Gasteiger partial charge < -0.3 is 0 Å². The van der Waals surface area contributed by atoms with Crippen LogP contribution >= 0.6 is 0 Å². The van der Waals surface area contributed by atoms with Gasteiger partial charge in [0, 0.05) is 0 Å². The third kappa shape index (κ3) is 6.92. The fraction of sp³-hybridized carbons (Fsp3) is 0.200. The molecule has 0 saturated heterocycles. The lowest BCUT2D eigenvalue weighted by atomic mass is 10.5. The van der Waals surface area contributed by atoms with E-state index in [0.717, 1.165) is 6.21 Å². The van der Waals surface area contributed by atoms with Gasteiger partial charge in [0.1, 0.15) is 0 Å². The minimum Gasteiger partial charge on any atom is -0.287 e. The van der Waals surface area contributed by atoms with Crippen molar-refractivity contribution in [2.45, 2.75) is 6.92 Å². The quantitative estimate of drug-likeness (QED) is 0.199. The molecule has 10 nitrogen and oxygen atoms in total. The first-order chi connectivity index (χ1) is 7.10. The maximum Gasteiger partial charge on any atom is 0.358 e. The predicted octanol–water partition coefficient (Wildman–Crippen LogP) is -1.28. The van der Waals surface area contributed by atoms with Crippen LogP contribution in [0.15, 0.2) is 10.2 Å². The molecule has 0 bridgehead atoms. The molecule has 6 N–H and O–H groups in total. The number of hydrazone groups is 2. The Bertz CT molecular complexity index is 287. The third-order valence-electron chi connectivity index (χ3n) is 0.954. The zero-order valence-corrected chi connectivity index (χ0v) is 7.68. The fourth-order valence-electron chi connectivity index (χ4n) is 0.402. The molecule has 0 heterocycles. The monoisotopic (exact) mass is 218 g/mol. The zero-order valence-electron chi connectivity index (χ0n) is 7.68.